The minimum Gasteiger partial charge on any atom is -0.492 e. The Labute approximate surface area is 167 Å². The monoisotopic (exact) mass is 404 g/mol. The molecule has 28 heavy (non-hydrogen) atoms. The van der Waals surface area contributed by atoms with Crippen molar-refractivity contribution < 1.29 is 17.9 Å². The highest BCUT2D eigenvalue weighted by Gasteiger charge is 2.28. The summed E-state index contributed by atoms with van der Waals surface area (Å²) in [6.07, 6.45) is 2.06. The lowest BCUT2D eigenvalue weighted by Crippen LogP contribution is -2.48. The molecule has 2 aromatic rings. The molecule has 0 aliphatic heterocycles. The number of sulfonamides is 1. The van der Waals surface area contributed by atoms with Gasteiger partial charge in [-0.05, 0) is 50.1 Å². The topological polar surface area (TPSA) is 75.7 Å². The summed E-state index contributed by atoms with van der Waals surface area (Å²) in [5, 5.41) is 2.74. The molecule has 0 heterocycles. The first-order chi connectivity index (χ1) is 13.2. The van der Waals surface area contributed by atoms with Gasteiger partial charge in [0.25, 0.3) is 0 Å². The van der Waals surface area contributed by atoms with Crippen LogP contribution in [-0.4, -0.2) is 39.8 Å². The molecule has 0 saturated carbocycles. The molecule has 6 nitrogen and oxygen atoms in total. The van der Waals surface area contributed by atoms with Gasteiger partial charge in [-0.25, -0.2) is 8.42 Å². The molecule has 0 aliphatic carbocycles. The highest BCUT2D eigenvalue weighted by molar-refractivity contribution is 7.92. The van der Waals surface area contributed by atoms with Gasteiger partial charge < -0.3 is 10.1 Å². The van der Waals surface area contributed by atoms with Crippen molar-refractivity contribution in [1.29, 1.82) is 0 Å². The van der Waals surface area contributed by atoms with Gasteiger partial charge in [0.2, 0.25) is 15.9 Å². The van der Waals surface area contributed by atoms with Crippen LogP contribution in [0.3, 0.4) is 0 Å². The van der Waals surface area contributed by atoms with E-state index >= 15 is 0 Å². The predicted octanol–water partition coefficient (Wildman–Crippen LogP) is 2.91. The number of nitrogens with one attached hydrogen (secondary N) is 1. The van der Waals surface area contributed by atoms with Crippen LogP contribution in [0.5, 0.6) is 5.75 Å². The van der Waals surface area contributed by atoms with Gasteiger partial charge in [0, 0.05) is 0 Å². The quantitative estimate of drug-likeness (QED) is 0.652. The summed E-state index contributed by atoms with van der Waals surface area (Å²) in [4.78, 5) is 12.5. The van der Waals surface area contributed by atoms with Crippen molar-refractivity contribution in [3.05, 3.63) is 59.7 Å². The molecule has 2 rings (SSSR count). The zero-order chi connectivity index (χ0) is 20.7. The summed E-state index contributed by atoms with van der Waals surface area (Å²) < 4.78 is 31.2. The number of hydrogen-bond donors (Lipinski definition) is 1. The fourth-order valence-electron chi connectivity index (χ4n) is 2.81. The minimum atomic E-state index is -3.61. The van der Waals surface area contributed by atoms with Gasteiger partial charge in [-0.2, -0.15) is 0 Å². The maximum absolute atomic E-state index is 12.5. The van der Waals surface area contributed by atoms with Gasteiger partial charge in [-0.3, -0.25) is 9.10 Å². The van der Waals surface area contributed by atoms with E-state index in [0.717, 1.165) is 28.3 Å². The van der Waals surface area contributed by atoms with Crippen molar-refractivity contribution in [3.63, 3.8) is 0 Å². The van der Waals surface area contributed by atoms with E-state index in [4.69, 9.17) is 4.74 Å². The second-order valence-corrected chi connectivity index (χ2v) is 8.57. The Kier molecular flexibility index (Phi) is 7.45. The number of aryl methyl sites for hydroxylation is 2. The van der Waals surface area contributed by atoms with Crippen LogP contribution < -0.4 is 14.4 Å². The van der Waals surface area contributed by atoms with Crippen molar-refractivity contribution in [3.8, 4) is 5.75 Å². The number of hydrogen-bond acceptors (Lipinski definition) is 4. The van der Waals surface area contributed by atoms with Crippen LogP contribution in [-0.2, 0) is 21.2 Å². The van der Waals surface area contributed by atoms with Crippen molar-refractivity contribution in [2.24, 2.45) is 0 Å². The van der Waals surface area contributed by atoms with E-state index in [9.17, 15) is 13.2 Å². The van der Waals surface area contributed by atoms with Crippen molar-refractivity contribution in [1.82, 2.24) is 5.32 Å². The normalized spacial score (nSPS) is 12.3. The van der Waals surface area contributed by atoms with Crippen LogP contribution in [0.2, 0.25) is 0 Å². The SMILES string of the molecule is CCc1ccc(OCCNC(=O)[C@H](C)N(c2ccc(C)cc2)S(C)(=O)=O)cc1. The van der Waals surface area contributed by atoms with Crippen LogP contribution in [0, 0.1) is 6.92 Å². The van der Waals surface area contributed by atoms with E-state index in [-0.39, 0.29) is 12.5 Å². The maximum atomic E-state index is 12.5. The zero-order valence-corrected chi connectivity index (χ0v) is 17.6. The summed E-state index contributed by atoms with van der Waals surface area (Å²) in [7, 11) is -3.61. The van der Waals surface area contributed by atoms with Crippen LogP contribution >= 0.6 is 0 Å². The molecule has 1 amide bonds. The predicted molar refractivity (Wildman–Crippen MR) is 112 cm³/mol. The number of benzene rings is 2. The third kappa shape index (κ3) is 5.99. The standard InChI is InChI=1S/C21H28N2O4S/c1-5-18-8-12-20(13-9-18)27-15-14-22-21(24)17(3)23(28(4,25)26)19-10-6-16(2)7-11-19/h6-13,17H,5,14-15H2,1-4H3,(H,22,24)/t17-/m0/s1. The largest absolute Gasteiger partial charge is 0.492 e. The molecule has 2 aromatic carbocycles. The second kappa shape index (κ2) is 9.59. The third-order valence-corrected chi connectivity index (χ3v) is 5.62. The van der Waals surface area contributed by atoms with Gasteiger partial charge in [-0.1, -0.05) is 36.8 Å². The number of rotatable bonds is 9. The van der Waals surface area contributed by atoms with E-state index in [1.807, 2.05) is 43.3 Å². The Morgan fingerprint density at radius 1 is 1.11 bits per heavy atom. The molecule has 0 spiro atoms. The lowest BCUT2D eigenvalue weighted by atomic mass is 10.2. The van der Waals surface area contributed by atoms with Crippen LogP contribution in [0.4, 0.5) is 5.69 Å². The van der Waals surface area contributed by atoms with Gasteiger partial charge in [0.15, 0.2) is 0 Å². The summed E-state index contributed by atoms with van der Waals surface area (Å²) in [6.45, 7) is 6.15. The Balaban J connectivity index is 1.94. The van der Waals surface area contributed by atoms with Crippen LogP contribution in [0.15, 0.2) is 48.5 Å². The van der Waals surface area contributed by atoms with Gasteiger partial charge in [0.1, 0.15) is 18.4 Å². The Hall–Kier alpha value is -2.54. The zero-order valence-electron chi connectivity index (χ0n) is 16.8. The molecule has 0 radical (unpaired) electrons. The summed E-state index contributed by atoms with van der Waals surface area (Å²) in [5.74, 6) is 0.354. The number of amides is 1. The average Bonchev–Trinajstić information content (AvgIpc) is 2.66. The highest BCUT2D eigenvalue weighted by atomic mass is 32.2. The van der Waals surface area contributed by atoms with Crippen molar-refractivity contribution >= 4 is 21.6 Å². The first-order valence-electron chi connectivity index (χ1n) is 9.28. The number of ether oxygens (including phenoxy) is 1. The molecular weight excluding hydrogens is 376 g/mol. The lowest BCUT2D eigenvalue weighted by Gasteiger charge is -2.28. The molecule has 0 aromatic heterocycles. The van der Waals surface area contributed by atoms with Crippen LogP contribution in [0.1, 0.15) is 25.0 Å². The molecule has 0 fully saturated rings. The number of anilines is 1. The Bertz CT molecular complexity index is 878. The van der Waals surface area contributed by atoms with E-state index in [0.29, 0.717) is 12.3 Å². The molecule has 1 atom stereocenters. The first-order valence-corrected chi connectivity index (χ1v) is 11.1. The summed E-state index contributed by atoms with van der Waals surface area (Å²) >= 11 is 0. The first kappa shape index (κ1) is 21.8. The molecule has 0 saturated heterocycles. The number of carbonyl (C=O) groups excluding carboxylic acids is 1. The lowest BCUT2D eigenvalue weighted by molar-refractivity contribution is -0.121. The van der Waals surface area contributed by atoms with E-state index in [1.54, 1.807) is 19.1 Å². The molecular formula is C21H28N2O4S. The van der Waals surface area contributed by atoms with Crippen LogP contribution in [0.25, 0.3) is 0 Å². The molecule has 7 heteroatoms. The molecule has 0 bridgehead atoms. The fraction of sp³-hybridized carbons (Fsp3) is 0.381. The molecule has 152 valence electrons. The van der Waals surface area contributed by atoms with E-state index in [2.05, 4.69) is 12.2 Å². The number of nitrogens with zero attached hydrogens (tertiary/aromatic N) is 1. The van der Waals surface area contributed by atoms with Gasteiger partial charge in [-0.15, -0.1) is 0 Å². The second-order valence-electron chi connectivity index (χ2n) is 6.71. The van der Waals surface area contributed by atoms with Crippen molar-refractivity contribution in [2.75, 3.05) is 23.7 Å². The minimum absolute atomic E-state index is 0.282. The summed E-state index contributed by atoms with van der Waals surface area (Å²) in [5.41, 5.74) is 2.70. The Morgan fingerprint density at radius 3 is 2.25 bits per heavy atom. The summed E-state index contributed by atoms with van der Waals surface area (Å²) in [6, 6.07) is 13.9. The van der Waals surface area contributed by atoms with Crippen molar-refractivity contribution in [2.45, 2.75) is 33.2 Å². The molecule has 0 unspecified atom stereocenters. The smallest absolute Gasteiger partial charge is 0.243 e. The van der Waals surface area contributed by atoms with Gasteiger partial charge in [0.05, 0.1) is 18.5 Å². The third-order valence-electron chi connectivity index (χ3n) is 4.38. The van der Waals surface area contributed by atoms with E-state index in [1.165, 1.54) is 5.56 Å². The number of carbonyl (C=O) groups is 1. The Morgan fingerprint density at radius 2 is 1.71 bits per heavy atom. The molecule has 0 aliphatic rings. The average molecular weight is 405 g/mol. The highest BCUT2D eigenvalue weighted by Crippen LogP contribution is 2.21. The fourth-order valence-corrected chi connectivity index (χ4v) is 3.99. The maximum Gasteiger partial charge on any atom is 0.243 e. The molecule has 1 N–H and O–H groups in total. The van der Waals surface area contributed by atoms with E-state index < -0.39 is 16.1 Å². The van der Waals surface area contributed by atoms with Gasteiger partial charge >= 0.3 is 0 Å².